The Balaban J connectivity index is 1.78. The molecule has 1 aromatic heterocycles. The zero-order valence-electron chi connectivity index (χ0n) is 13.6. The number of nitrogens with one attached hydrogen (secondary N) is 1. The summed E-state index contributed by atoms with van der Waals surface area (Å²) in [6, 6.07) is 9.49. The molecule has 0 unspecified atom stereocenters. The molecule has 0 aliphatic rings. The van der Waals surface area contributed by atoms with Crippen molar-refractivity contribution >= 4 is 23.2 Å². The molecule has 8 heteroatoms. The molecule has 3 aromatic rings. The summed E-state index contributed by atoms with van der Waals surface area (Å²) in [7, 11) is 0. The zero-order valence-corrected chi connectivity index (χ0v) is 14.3. The largest absolute Gasteiger partial charge is 0.489 e. The number of hydrogen-bond donors (Lipinski definition) is 1. The molecule has 5 nitrogen and oxygen atoms in total. The summed E-state index contributed by atoms with van der Waals surface area (Å²) in [5.41, 5.74) is 0.0184. The van der Waals surface area contributed by atoms with Crippen molar-refractivity contribution in [3.05, 3.63) is 76.1 Å². The van der Waals surface area contributed by atoms with Gasteiger partial charge in [-0.05, 0) is 37.3 Å². The van der Waals surface area contributed by atoms with Gasteiger partial charge in [0.15, 0.2) is 5.69 Å². The molecule has 1 heterocycles. The number of nitrogens with zero attached hydrogens (tertiary/aromatic N) is 1. The highest BCUT2D eigenvalue weighted by Crippen LogP contribution is 2.22. The van der Waals surface area contributed by atoms with E-state index in [1.165, 1.54) is 0 Å². The van der Waals surface area contributed by atoms with Crippen molar-refractivity contribution < 1.29 is 22.8 Å². The molecule has 0 saturated carbocycles. The van der Waals surface area contributed by atoms with Gasteiger partial charge in [-0.25, -0.2) is 8.78 Å². The molecule has 0 bridgehead atoms. The Morgan fingerprint density at radius 1 is 1.27 bits per heavy atom. The minimum Gasteiger partial charge on any atom is -0.489 e. The Bertz CT molecular complexity index is 959. The van der Waals surface area contributed by atoms with Gasteiger partial charge in [-0.1, -0.05) is 22.8 Å². The number of carbonyl (C=O) groups is 1. The smallest absolute Gasteiger partial charge is 0.278 e. The molecule has 1 amide bonds. The second-order valence-electron chi connectivity index (χ2n) is 5.39. The number of halogens is 3. The predicted molar refractivity (Wildman–Crippen MR) is 91.3 cm³/mol. The number of aryl methyl sites for hydroxylation is 1. The predicted octanol–water partition coefficient (Wildman–Crippen LogP) is 4.75. The van der Waals surface area contributed by atoms with Crippen molar-refractivity contribution in [2.75, 3.05) is 5.32 Å². The molecule has 0 atom stereocenters. The van der Waals surface area contributed by atoms with Crippen LogP contribution < -0.4 is 10.1 Å². The van der Waals surface area contributed by atoms with Gasteiger partial charge in [0.1, 0.15) is 29.8 Å². The van der Waals surface area contributed by atoms with E-state index in [4.69, 9.17) is 20.9 Å². The zero-order chi connectivity index (χ0) is 18.7. The van der Waals surface area contributed by atoms with Crippen LogP contribution in [0.15, 0.2) is 47.0 Å². The summed E-state index contributed by atoms with van der Waals surface area (Å²) in [4.78, 5) is 12.4. The van der Waals surface area contributed by atoms with Crippen LogP contribution in [0.3, 0.4) is 0 Å². The molecular weight excluding hydrogens is 366 g/mol. The van der Waals surface area contributed by atoms with E-state index in [1.54, 1.807) is 31.2 Å². The van der Waals surface area contributed by atoms with Crippen molar-refractivity contribution in [1.29, 1.82) is 0 Å². The van der Waals surface area contributed by atoms with Gasteiger partial charge in [0.25, 0.3) is 5.91 Å². The van der Waals surface area contributed by atoms with Crippen LogP contribution in [0.2, 0.25) is 5.02 Å². The van der Waals surface area contributed by atoms with Crippen molar-refractivity contribution in [3.8, 4) is 5.75 Å². The molecule has 0 fully saturated rings. The normalized spacial score (nSPS) is 10.6. The third-order valence-electron chi connectivity index (χ3n) is 3.56. The molecule has 0 radical (unpaired) electrons. The Hall–Kier alpha value is -2.93. The fraction of sp³-hybridized carbons (Fsp3) is 0.111. The van der Waals surface area contributed by atoms with Crippen molar-refractivity contribution in [2.24, 2.45) is 0 Å². The van der Waals surface area contributed by atoms with Crippen LogP contribution in [0.4, 0.5) is 14.5 Å². The van der Waals surface area contributed by atoms with E-state index in [9.17, 15) is 13.6 Å². The Morgan fingerprint density at radius 3 is 2.85 bits per heavy atom. The molecule has 0 spiro atoms. The number of hydrogen-bond acceptors (Lipinski definition) is 4. The van der Waals surface area contributed by atoms with Gasteiger partial charge in [-0.15, -0.1) is 0 Å². The first kappa shape index (κ1) is 17.9. The Kier molecular flexibility index (Phi) is 5.18. The summed E-state index contributed by atoms with van der Waals surface area (Å²) in [5, 5.41) is 6.46. The summed E-state index contributed by atoms with van der Waals surface area (Å²) in [5.74, 6) is -1.31. The van der Waals surface area contributed by atoms with E-state index in [1.807, 2.05) is 0 Å². The maximum absolute atomic E-state index is 13.7. The van der Waals surface area contributed by atoms with Crippen LogP contribution in [-0.2, 0) is 6.61 Å². The number of anilines is 1. The van der Waals surface area contributed by atoms with Crippen LogP contribution in [-0.4, -0.2) is 11.1 Å². The molecule has 26 heavy (non-hydrogen) atoms. The second-order valence-corrected chi connectivity index (χ2v) is 5.83. The lowest BCUT2D eigenvalue weighted by Gasteiger charge is -2.08. The van der Waals surface area contributed by atoms with E-state index >= 15 is 0 Å². The molecule has 134 valence electrons. The molecular formula is C18H13ClF2N2O3. The monoisotopic (exact) mass is 378 g/mol. The fourth-order valence-corrected chi connectivity index (χ4v) is 2.41. The summed E-state index contributed by atoms with van der Waals surface area (Å²) >= 11 is 5.90. The SMILES string of the molecule is Cc1onc(C(=O)Nc2cc(F)ccc2F)c1COc1cccc(Cl)c1. The van der Waals surface area contributed by atoms with Crippen molar-refractivity contribution in [3.63, 3.8) is 0 Å². The number of benzene rings is 2. The van der Waals surface area contributed by atoms with Crippen molar-refractivity contribution in [1.82, 2.24) is 5.16 Å². The number of amides is 1. The topological polar surface area (TPSA) is 64.4 Å². The summed E-state index contributed by atoms with van der Waals surface area (Å²) in [6.45, 7) is 1.60. The Labute approximate surface area is 152 Å². The first-order chi connectivity index (χ1) is 12.4. The van der Waals surface area contributed by atoms with Gasteiger partial charge >= 0.3 is 0 Å². The number of carbonyl (C=O) groups excluding carboxylic acids is 1. The average molecular weight is 379 g/mol. The quantitative estimate of drug-likeness (QED) is 0.696. The summed E-state index contributed by atoms with van der Waals surface area (Å²) < 4.78 is 37.6. The lowest BCUT2D eigenvalue weighted by molar-refractivity contribution is 0.101. The third kappa shape index (κ3) is 4.00. The van der Waals surface area contributed by atoms with Crippen LogP contribution in [0.1, 0.15) is 21.8 Å². The standard InChI is InChI=1S/C18H13ClF2N2O3/c1-10-14(9-25-13-4-2-3-11(19)7-13)17(23-26-10)18(24)22-16-8-12(20)5-6-15(16)21/h2-8H,9H2,1H3,(H,22,24). The minimum absolute atomic E-state index is 0.00986. The molecule has 1 N–H and O–H groups in total. The first-order valence-electron chi connectivity index (χ1n) is 7.54. The van der Waals surface area contributed by atoms with E-state index in [2.05, 4.69) is 10.5 Å². The maximum Gasteiger partial charge on any atom is 0.278 e. The van der Waals surface area contributed by atoms with Gasteiger partial charge in [0.2, 0.25) is 0 Å². The minimum atomic E-state index is -0.767. The van der Waals surface area contributed by atoms with Crippen LogP contribution >= 0.6 is 11.6 Å². The van der Waals surface area contributed by atoms with Crippen LogP contribution in [0.5, 0.6) is 5.75 Å². The van der Waals surface area contributed by atoms with E-state index in [0.717, 1.165) is 18.2 Å². The van der Waals surface area contributed by atoms with Gasteiger partial charge in [0, 0.05) is 11.1 Å². The van der Waals surface area contributed by atoms with Gasteiger partial charge in [-0.3, -0.25) is 4.79 Å². The van der Waals surface area contributed by atoms with Crippen LogP contribution in [0.25, 0.3) is 0 Å². The second kappa shape index (κ2) is 7.53. The Morgan fingerprint density at radius 2 is 2.08 bits per heavy atom. The molecule has 0 aliphatic carbocycles. The van der Waals surface area contributed by atoms with E-state index in [0.29, 0.717) is 22.1 Å². The third-order valence-corrected chi connectivity index (χ3v) is 3.79. The highest BCUT2D eigenvalue weighted by molar-refractivity contribution is 6.30. The lowest BCUT2D eigenvalue weighted by atomic mass is 10.2. The molecule has 2 aromatic carbocycles. The molecule has 3 rings (SSSR count). The van der Waals surface area contributed by atoms with Gasteiger partial charge in [0.05, 0.1) is 11.3 Å². The number of rotatable bonds is 5. The van der Waals surface area contributed by atoms with Gasteiger partial charge < -0.3 is 14.6 Å². The average Bonchev–Trinajstić information content (AvgIpc) is 2.97. The maximum atomic E-state index is 13.7. The summed E-state index contributed by atoms with van der Waals surface area (Å²) in [6.07, 6.45) is 0. The highest BCUT2D eigenvalue weighted by Gasteiger charge is 2.21. The molecule has 0 aliphatic heterocycles. The molecule has 0 saturated heterocycles. The lowest BCUT2D eigenvalue weighted by Crippen LogP contribution is -2.16. The number of aromatic nitrogens is 1. The van der Waals surface area contributed by atoms with Crippen molar-refractivity contribution in [2.45, 2.75) is 13.5 Å². The number of ether oxygens (including phenoxy) is 1. The van der Waals surface area contributed by atoms with E-state index in [-0.39, 0.29) is 18.0 Å². The van der Waals surface area contributed by atoms with E-state index < -0.39 is 17.5 Å². The highest BCUT2D eigenvalue weighted by atomic mass is 35.5. The first-order valence-corrected chi connectivity index (χ1v) is 7.92. The van der Waals surface area contributed by atoms with Crippen LogP contribution in [0, 0.1) is 18.6 Å². The van der Waals surface area contributed by atoms with Gasteiger partial charge in [-0.2, -0.15) is 0 Å². The fourth-order valence-electron chi connectivity index (χ4n) is 2.23.